The zero-order valence-corrected chi connectivity index (χ0v) is 13.0. The van der Waals surface area contributed by atoms with Crippen LogP contribution in [0.15, 0.2) is 36.4 Å². The van der Waals surface area contributed by atoms with Gasteiger partial charge in [-0.1, -0.05) is 18.2 Å². The largest absolute Gasteiger partial charge is 0.494 e. The molecule has 23 heavy (non-hydrogen) atoms. The number of Topliss-reactive ketones (excluding diaryl/α,β-unsaturated/α-hetero) is 1. The predicted octanol–water partition coefficient (Wildman–Crippen LogP) is 3.46. The molecule has 2 aromatic rings. The van der Waals surface area contributed by atoms with E-state index in [0.29, 0.717) is 19.4 Å². The number of rotatable bonds is 3. The van der Waals surface area contributed by atoms with Crippen LogP contribution >= 0.6 is 0 Å². The maximum Gasteiger partial charge on any atom is 0.231 e. The van der Waals surface area contributed by atoms with Crippen molar-refractivity contribution in [2.45, 2.75) is 25.7 Å². The van der Waals surface area contributed by atoms with Gasteiger partial charge in [-0.15, -0.1) is 0 Å². The van der Waals surface area contributed by atoms with Crippen LogP contribution in [0.25, 0.3) is 0 Å². The minimum Gasteiger partial charge on any atom is -0.494 e. The van der Waals surface area contributed by atoms with Crippen LogP contribution in [0.4, 0.5) is 0 Å². The van der Waals surface area contributed by atoms with Gasteiger partial charge in [0.25, 0.3) is 0 Å². The monoisotopic (exact) mass is 310 g/mol. The third kappa shape index (κ3) is 2.44. The molecular weight excluding hydrogens is 292 g/mol. The van der Waals surface area contributed by atoms with Gasteiger partial charge in [-0.05, 0) is 36.2 Å². The summed E-state index contributed by atoms with van der Waals surface area (Å²) in [6, 6.07) is 11.9. The quantitative estimate of drug-likeness (QED) is 0.871. The third-order valence-electron chi connectivity index (χ3n) is 4.42. The second-order valence-electron chi connectivity index (χ2n) is 5.85. The van der Waals surface area contributed by atoms with Crippen molar-refractivity contribution in [1.82, 2.24) is 0 Å². The van der Waals surface area contributed by atoms with E-state index < -0.39 is 0 Å². The zero-order valence-electron chi connectivity index (χ0n) is 13.0. The SMILES string of the molecule is CCOc1ccccc1[C@H]1CC(=O)Cc2cc3c(cc21)OCO3. The molecule has 0 saturated carbocycles. The summed E-state index contributed by atoms with van der Waals surface area (Å²) in [5.41, 5.74) is 3.23. The number of hydrogen-bond acceptors (Lipinski definition) is 4. The standard InChI is InChI=1S/C19H18O4/c1-2-21-17-6-4-3-5-14(17)16-9-13(20)7-12-8-18-19(10-15(12)16)23-11-22-18/h3-6,8,10,16H,2,7,9,11H2,1H3/t16-/m1/s1. The summed E-state index contributed by atoms with van der Waals surface area (Å²) in [6.45, 7) is 2.81. The van der Waals surface area contributed by atoms with Crippen LogP contribution in [0.3, 0.4) is 0 Å². The molecule has 1 aliphatic heterocycles. The lowest BCUT2D eigenvalue weighted by molar-refractivity contribution is -0.119. The summed E-state index contributed by atoms with van der Waals surface area (Å²) in [4.78, 5) is 12.3. The summed E-state index contributed by atoms with van der Waals surface area (Å²) in [5, 5.41) is 0. The minimum atomic E-state index is 0.00324. The fourth-order valence-corrected chi connectivity index (χ4v) is 3.43. The molecule has 1 heterocycles. The number of para-hydroxylation sites is 1. The van der Waals surface area contributed by atoms with Crippen LogP contribution in [0.1, 0.15) is 36.0 Å². The second-order valence-corrected chi connectivity index (χ2v) is 5.85. The second kappa shape index (κ2) is 5.61. The molecule has 0 aromatic heterocycles. The maximum atomic E-state index is 12.3. The van der Waals surface area contributed by atoms with Gasteiger partial charge in [-0.3, -0.25) is 4.79 Å². The molecule has 2 aliphatic rings. The lowest BCUT2D eigenvalue weighted by atomic mass is 9.78. The summed E-state index contributed by atoms with van der Waals surface area (Å²) in [7, 11) is 0. The Bertz CT molecular complexity index is 766. The fourth-order valence-electron chi connectivity index (χ4n) is 3.43. The zero-order chi connectivity index (χ0) is 15.8. The molecular formula is C19H18O4. The Morgan fingerprint density at radius 2 is 1.91 bits per heavy atom. The van der Waals surface area contributed by atoms with Crippen molar-refractivity contribution in [3.63, 3.8) is 0 Å². The summed E-state index contributed by atoms with van der Waals surface area (Å²) in [5.74, 6) is 2.58. The van der Waals surface area contributed by atoms with Gasteiger partial charge in [0, 0.05) is 24.3 Å². The highest BCUT2D eigenvalue weighted by molar-refractivity contribution is 5.85. The number of hydrogen-bond donors (Lipinski definition) is 0. The van der Waals surface area contributed by atoms with Gasteiger partial charge in [-0.2, -0.15) is 0 Å². The number of ketones is 1. The van der Waals surface area contributed by atoms with E-state index in [1.54, 1.807) is 0 Å². The molecule has 0 amide bonds. The fraction of sp³-hybridized carbons (Fsp3) is 0.316. The molecule has 4 nitrogen and oxygen atoms in total. The average molecular weight is 310 g/mol. The molecule has 0 saturated heterocycles. The highest BCUT2D eigenvalue weighted by atomic mass is 16.7. The molecule has 0 radical (unpaired) electrons. The molecule has 2 aromatic carbocycles. The Kier molecular flexibility index (Phi) is 3.45. The van der Waals surface area contributed by atoms with Gasteiger partial charge in [0.1, 0.15) is 11.5 Å². The Balaban J connectivity index is 1.83. The van der Waals surface area contributed by atoms with Crippen LogP contribution in [0, 0.1) is 0 Å². The van der Waals surface area contributed by atoms with Crippen molar-refractivity contribution in [3.05, 3.63) is 53.1 Å². The Labute approximate surface area is 135 Å². The molecule has 118 valence electrons. The van der Waals surface area contributed by atoms with E-state index in [1.165, 1.54) is 0 Å². The Morgan fingerprint density at radius 1 is 1.13 bits per heavy atom. The van der Waals surface area contributed by atoms with Crippen molar-refractivity contribution < 1.29 is 19.0 Å². The lowest BCUT2D eigenvalue weighted by Crippen LogP contribution is -2.19. The number of benzene rings is 2. The van der Waals surface area contributed by atoms with E-state index in [-0.39, 0.29) is 18.5 Å². The van der Waals surface area contributed by atoms with Gasteiger partial charge in [-0.25, -0.2) is 0 Å². The first kappa shape index (κ1) is 14.1. The lowest BCUT2D eigenvalue weighted by Gasteiger charge is -2.27. The topological polar surface area (TPSA) is 44.8 Å². The summed E-state index contributed by atoms with van der Waals surface area (Å²) >= 11 is 0. The van der Waals surface area contributed by atoms with Crippen molar-refractivity contribution in [1.29, 1.82) is 0 Å². The molecule has 0 spiro atoms. The molecule has 4 rings (SSSR count). The first-order valence-electron chi connectivity index (χ1n) is 7.92. The molecule has 0 N–H and O–H groups in total. The van der Waals surface area contributed by atoms with Crippen LogP contribution in [-0.2, 0) is 11.2 Å². The average Bonchev–Trinajstić information content (AvgIpc) is 3.00. The van der Waals surface area contributed by atoms with Gasteiger partial charge in [0.05, 0.1) is 6.61 Å². The third-order valence-corrected chi connectivity index (χ3v) is 4.42. The molecule has 0 bridgehead atoms. The smallest absolute Gasteiger partial charge is 0.231 e. The van der Waals surface area contributed by atoms with Crippen LogP contribution in [0.2, 0.25) is 0 Å². The maximum absolute atomic E-state index is 12.3. The van der Waals surface area contributed by atoms with Gasteiger partial charge >= 0.3 is 0 Å². The van der Waals surface area contributed by atoms with Crippen molar-refractivity contribution in [2.75, 3.05) is 13.4 Å². The Hall–Kier alpha value is -2.49. The van der Waals surface area contributed by atoms with E-state index in [2.05, 4.69) is 0 Å². The number of ether oxygens (including phenoxy) is 3. The van der Waals surface area contributed by atoms with E-state index in [9.17, 15) is 4.79 Å². The number of carbonyl (C=O) groups excluding carboxylic acids is 1. The molecule has 1 atom stereocenters. The van der Waals surface area contributed by atoms with Gasteiger partial charge in [0.15, 0.2) is 11.5 Å². The Morgan fingerprint density at radius 3 is 2.74 bits per heavy atom. The highest BCUT2D eigenvalue weighted by Crippen LogP contribution is 2.44. The highest BCUT2D eigenvalue weighted by Gasteiger charge is 2.31. The predicted molar refractivity (Wildman–Crippen MR) is 85.3 cm³/mol. The van der Waals surface area contributed by atoms with Crippen LogP contribution < -0.4 is 14.2 Å². The van der Waals surface area contributed by atoms with Gasteiger partial charge < -0.3 is 14.2 Å². The summed E-state index contributed by atoms with van der Waals surface area (Å²) in [6.07, 6.45) is 0.954. The number of carbonyl (C=O) groups is 1. The van der Waals surface area contributed by atoms with Crippen molar-refractivity contribution >= 4 is 5.78 Å². The van der Waals surface area contributed by atoms with E-state index in [4.69, 9.17) is 14.2 Å². The normalized spacial score (nSPS) is 18.7. The number of fused-ring (bicyclic) bond motifs is 2. The molecule has 0 fully saturated rings. The molecule has 1 aliphatic carbocycles. The van der Waals surface area contributed by atoms with Gasteiger partial charge in [0.2, 0.25) is 6.79 Å². The van der Waals surface area contributed by atoms with E-state index >= 15 is 0 Å². The van der Waals surface area contributed by atoms with Crippen LogP contribution in [0.5, 0.6) is 17.2 Å². The first-order valence-corrected chi connectivity index (χ1v) is 7.92. The summed E-state index contributed by atoms with van der Waals surface area (Å²) < 4.78 is 16.7. The molecule has 0 unspecified atom stereocenters. The van der Waals surface area contributed by atoms with E-state index in [0.717, 1.165) is 33.9 Å². The first-order chi connectivity index (χ1) is 11.3. The van der Waals surface area contributed by atoms with E-state index in [1.807, 2.05) is 43.3 Å². The molecule has 4 heteroatoms. The minimum absolute atomic E-state index is 0.00324. The van der Waals surface area contributed by atoms with Crippen molar-refractivity contribution in [2.24, 2.45) is 0 Å². The van der Waals surface area contributed by atoms with Crippen molar-refractivity contribution in [3.8, 4) is 17.2 Å². The van der Waals surface area contributed by atoms with Crippen LogP contribution in [-0.4, -0.2) is 19.2 Å².